The molecule has 1 aromatic rings. The molecule has 0 aliphatic carbocycles. The molecule has 1 aliphatic heterocycles. The van der Waals surface area contributed by atoms with Crippen LogP contribution < -0.4 is 4.72 Å². The molecule has 2 atom stereocenters. The molecule has 1 aliphatic rings. The molecule has 1 N–H and O–H groups in total. The second-order valence-corrected chi connectivity index (χ2v) is 11.1. The molecule has 0 saturated carbocycles. The van der Waals surface area contributed by atoms with E-state index in [2.05, 4.69) is 4.72 Å². The number of sulfonamides is 1. The summed E-state index contributed by atoms with van der Waals surface area (Å²) in [5.74, 6) is -0.159. The van der Waals surface area contributed by atoms with Crippen LogP contribution in [-0.2, 0) is 19.5 Å². The van der Waals surface area contributed by atoms with Crippen LogP contribution in [0.4, 0.5) is 4.79 Å². The van der Waals surface area contributed by atoms with Crippen molar-refractivity contribution in [1.82, 2.24) is 9.62 Å². The summed E-state index contributed by atoms with van der Waals surface area (Å²) >= 11 is 12.3. The maximum Gasteiger partial charge on any atom is 0.410 e. The molecule has 0 aromatic heterocycles. The fourth-order valence-corrected chi connectivity index (χ4v) is 4.10. The Morgan fingerprint density at radius 2 is 2.00 bits per heavy atom. The van der Waals surface area contributed by atoms with E-state index in [0.29, 0.717) is 49.1 Å². The SMILES string of the molecule is CC(C)(C)OC(=O)N1CCOC(CCCNS(C)(=O)=O)C(c2ccc(Cl)c(Cl)c2)C1. The van der Waals surface area contributed by atoms with Gasteiger partial charge in [-0.3, -0.25) is 0 Å². The highest BCUT2D eigenvalue weighted by atomic mass is 35.5. The van der Waals surface area contributed by atoms with Gasteiger partial charge in [-0.2, -0.15) is 0 Å². The highest BCUT2D eigenvalue weighted by Gasteiger charge is 2.33. The lowest BCUT2D eigenvalue weighted by atomic mass is 9.90. The zero-order chi connectivity index (χ0) is 22.5. The topological polar surface area (TPSA) is 84.9 Å². The van der Waals surface area contributed by atoms with Crippen LogP contribution in [0.25, 0.3) is 0 Å². The third-order valence-corrected chi connectivity index (χ3v) is 6.08. The van der Waals surface area contributed by atoms with Crippen LogP contribution in [0.2, 0.25) is 10.0 Å². The van der Waals surface area contributed by atoms with E-state index in [1.807, 2.05) is 26.8 Å². The first kappa shape index (κ1) is 25.2. The van der Waals surface area contributed by atoms with Gasteiger partial charge in [0.25, 0.3) is 0 Å². The number of carbonyl (C=O) groups excluding carboxylic acids is 1. The monoisotopic (exact) mass is 480 g/mol. The third-order valence-electron chi connectivity index (χ3n) is 4.61. The van der Waals surface area contributed by atoms with Crippen molar-refractivity contribution in [2.45, 2.75) is 51.2 Å². The largest absolute Gasteiger partial charge is 0.444 e. The number of carbonyl (C=O) groups is 1. The minimum atomic E-state index is -3.24. The van der Waals surface area contributed by atoms with Crippen molar-refractivity contribution in [3.05, 3.63) is 33.8 Å². The molecule has 1 aromatic carbocycles. The molecule has 1 saturated heterocycles. The highest BCUT2D eigenvalue weighted by molar-refractivity contribution is 7.88. The fourth-order valence-electron chi connectivity index (χ4n) is 3.28. The Morgan fingerprint density at radius 3 is 2.60 bits per heavy atom. The second-order valence-electron chi connectivity index (χ2n) is 8.42. The number of nitrogens with one attached hydrogen (secondary N) is 1. The summed E-state index contributed by atoms with van der Waals surface area (Å²) in [7, 11) is -3.24. The van der Waals surface area contributed by atoms with E-state index >= 15 is 0 Å². The standard InChI is InChI=1S/C20H30Cl2N2O5S/c1-20(2,3)29-19(25)24-10-11-28-18(6-5-9-23-30(4,26)27)15(13-24)14-7-8-16(21)17(22)12-14/h7-8,12,15,18,23H,5-6,9-11,13H2,1-4H3. The summed E-state index contributed by atoms with van der Waals surface area (Å²) < 4.78 is 36.7. The van der Waals surface area contributed by atoms with E-state index in [4.69, 9.17) is 32.7 Å². The summed E-state index contributed by atoms with van der Waals surface area (Å²) in [6.45, 7) is 6.97. The number of amides is 1. The van der Waals surface area contributed by atoms with Crippen LogP contribution in [0.3, 0.4) is 0 Å². The van der Waals surface area contributed by atoms with Gasteiger partial charge in [-0.1, -0.05) is 29.3 Å². The summed E-state index contributed by atoms with van der Waals surface area (Å²) in [5, 5.41) is 0.882. The Morgan fingerprint density at radius 1 is 1.30 bits per heavy atom. The van der Waals surface area contributed by atoms with Gasteiger partial charge in [0, 0.05) is 25.6 Å². The van der Waals surface area contributed by atoms with E-state index in [9.17, 15) is 13.2 Å². The Balaban J connectivity index is 2.20. The van der Waals surface area contributed by atoms with Gasteiger partial charge in [-0.15, -0.1) is 0 Å². The van der Waals surface area contributed by atoms with Crippen LogP contribution in [-0.4, -0.2) is 63.6 Å². The second kappa shape index (κ2) is 10.5. The molecule has 1 amide bonds. The smallest absolute Gasteiger partial charge is 0.410 e. The van der Waals surface area contributed by atoms with E-state index in [-0.39, 0.29) is 12.0 Å². The first-order chi connectivity index (χ1) is 13.9. The minimum Gasteiger partial charge on any atom is -0.444 e. The van der Waals surface area contributed by atoms with Crippen molar-refractivity contribution in [2.75, 3.05) is 32.5 Å². The van der Waals surface area contributed by atoms with Gasteiger partial charge in [0.05, 0.1) is 29.0 Å². The molecule has 30 heavy (non-hydrogen) atoms. The number of halogens is 2. The maximum absolute atomic E-state index is 12.7. The molecule has 1 fully saturated rings. The van der Waals surface area contributed by atoms with Crippen LogP contribution in [0, 0.1) is 0 Å². The average molecular weight is 481 g/mol. The van der Waals surface area contributed by atoms with Gasteiger partial charge >= 0.3 is 6.09 Å². The van der Waals surface area contributed by atoms with Gasteiger partial charge in [-0.05, 0) is 51.3 Å². The van der Waals surface area contributed by atoms with Crippen molar-refractivity contribution in [1.29, 1.82) is 0 Å². The summed E-state index contributed by atoms with van der Waals surface area (Å²) in [5.41, 5.74) is 0.306. The lowest BCUT2D eigenvalue weighted by Gasteiger charge is -2.30. The molecule has 0 radical (unpaired) electrons. The number of rotatable bonds is 6. The van der Waals surface area contributed by atoms with Crippen molar-refractivity contribution < 1.29 is 22.7 Å². The lowest BCUT2D eigenvalue weighted by molar-refractivity contribution is 0.0228. The summed E-state index contributed by atoms with van der Waals surface area (Å²) in [6, 6.07) is 5.39. The molecule has 1 heterocycles. The van der Waals surface area contributed by atoms with Gasteiger partial charge in [-0.25, -0.2) is 17.9 Å². The third kappa shape index (κ3) is 8.23. The zero-order valence-corrected chi connectivity index (χ0v) is 20.1. The molecule has 7 nitrogen and oxygen atoms in total. The highest BCUT2D eigenvalue weighted by Crippen LogP contribution is 2.33. The number of hydrogen-bond donors (Lipinski definition) is 1. The Labute approximate surface area is 189 Å². The van der Waals surface area contributed by atoms with E-state index in [1.54, 1.807) is 17.0 Å². The zero-order valence-electron chi connectivity index (χ0n) is 17.8. The van der Waals surface area contributed by atoms with Crippen LogP contribution >= 0.6 is 23.2 Å². The van der Waals surface area contributed by atoms with Gasteiger partial charge in [0.2, 0.25) is 10.0 Å². The Kier molecular flexibility index (Phi) is 8.82. The predicted octanol–water partition coefficient (Wildman–Crippen LogP) is 4.04. The maximum atomic E-state index is 12.7. The average Bonchev–Trinajstić information content (AvgIpc) is 2.81. The van der Waals surface area contributed by atoms with Gasteiger partial charge < -0.3 is 14.4 Å². The van der Waals surface area contributed by atoms with Crippen molar-refractivity contribution in [2.24, 2.45) is 0 Å². The van der Waals surface area contributed by atoms with Gasteiger partial charge in [0.1, 0.15) is 5.60 Å². The lowest BCUT2D eigenvalue weighted by Crippen LogP contribution is -2.40. The number of hydrogen-bond acceptors (Lipinski definition) is 5. The van der Waals surface area contributed by atoms with Crippen LogP contribution in [0.15, 0.2) is 18.2 Å². The predicted molar refractivity (Wildman–Crippen MR) is 119 cm³/mol. The summed E-state index contributed by atoms with van der Waals surface area (Å²) in [4.78, 5) is 14.3. The molecule has 10 heteroatoms. The fraction of sp³-hybridized carbons (Fsp3) is 0.650. The molecule has 2 unspecified atom stereocenters. The van der Waals surface area contributed by atoms with Crippen molar-refractivity contribution >= 4 is 39.3 Å². The minimum absolute atomic E-state index is 0.159. The first-order valence-corrected chi connectivity index (χ1v) is 12.5. The number of benzene rings is 1. The van der Waals surface area contributed by atoms with E-state index in [0.717, 1.165) is 11.8 Å². The van der Waals surface area contributed by atoms with E-state index in [1.165, 1.54) is 0 Å². The number of ether oxygens (including phenoxy) is 2. The molecule has 0 bridgehead atoms. The number of nitrogens with zero attached hydrogens (tertiary/aromatic N) is 1. The van der Waals surface area contributed by atoms with Gasteiger partial charge in [0.15, 0.2) is 0 Å². The Bertz CT molecular complexity index is 842. The van der Waals surface area contributed by atoms with Crippen molar-refractivity contribution in [3.63, 3.8) is 0 Å². The molecular weight excluding hydrogens is 451 g/mol. The van der Waals surface area contributed by atoms with Crippen LogP contribution in [0.1, 0.15) is 45.1 Å². The normalized spacial score (nSPS) is 20.7. The Hall–Kier alpha value is -1.06. The molecule has 2 rings (SSSR count). The van der Waals surface area contributed by atoms with Crippen LogP contribution in [0.5, 0.6) is 0 Å². The molecule has 170 valence electrons. The molecule has 0 spiro atoms. The van der Waals surface area contributed by atoms with E-state index < -0.39 is 21.7 Å². The quantitative estimate of drug-likeness (QED) is 0.620. The van der Waals surface area contributed by atoms with Crippen molar-refractivity contribution in [3.8, 4) is 0 Å². The summed E-state index contributed by atoms with van der Waals surface area (Å²) in [6.07, 6.45) is 1.75. The molecular formula is C20H30Cl2N2O5S. The first-order valence-electron chi connectivity index (χ1n) is 9.85.